The molecule has 1 aromatic heterocycles. The first kappa shape index (κ1) is 18.8. The Morgan fingerprint density at radius 3 is 2.81 bits per heavy atom. The molecule has 3 rings (SSSR count). The zero-order chi connectivity index (χ0) is 18.9. The van der Waals surface area contributed by atoms with Gasteiger partial charge in [0.05, 0.1) is 29.3 Å². The van der Waals surface area contributed by atoms with Crippen molar-refractivity contribution in [3.63, 3.8) is 0 Å². The lowest BCUT2D eigenvalue weighted by molar-refractivity contribution is -0.137. The maximum Gasteiger partial charge on any atom is 0.416 e. The fraction of sp³-hybridized carbons (Fsp3) is 0.467. The molecule has 1 fully saturated rings. The number of hydrogen-bond donors (Lipinski definition) is 0. The summed E-state index contributed by atoms with van der Waals surface area (Å²) >= 11 is 0. The van der Waals surface area contributed by atoms with E-state index >= 15 is 0 Å². The summed E-state index contributed by atoms with van der Waals surface area (Å²) in [6.45, 7) is 0.607. The molecule has 1 atom stereocenters. The van der Waals surface area contributed by atoms with Crippen molar-refractivity contribution in [3.05, 3.63) is 41.7 Å². The second-order valence-electron chi connectivity index (χ2n) is 5.95. The van der Waals surface area contributed by atoms with E-state index in [0.717, 1.165) is 12.1 Å². The summed E-state index contributed by atoms with van der Waals surface area (Å²) in [4.78, 5) is -0.369. The van der Waals surface area contributed by atoms with Crippen LogP contribution < -0.4 is 0 Å². The normalized spacial score (nSPS) is 19.2. The van der Waals surface area contributed by atoms with Gasteiger partial charge in [0.2, 0.25) is 10.0 Å². The first-order chi connectivity index (χ1) is 12.2. The zero-order valence-electron chi connectivity index (χ0n) is 13.8. The number of halogens is 3. The molecular formula is C15H17F3N4O3S. The van der Waals surface area contributed by atoms with Gasteiger partial charge in [0.1, 0.15) is 5.69 Å². The highest BCUT2D eigenvalue weighted by Gasteiger charge is 2.36. The average Bonchev–Trinajstić information content (AvgIpc) is 3.24. The summed E-state index contributed by atoms with van der Waals surface area (Å²) in [5, 5.41) is 7.90. The highest BCUT2D eigenvalue weighted by Crippen LogP contribution is 2.32. The van der Waals surface area contributed by atoms with E-state index in [1.165, 1.54) is 17.5 Å². The Morgan fingerprint density at radius 1 is 1.35 bits per heavy atom. The monoisotopic (exact) mass is 390 g/mol. The van der Waals surface area contributed by atoms with Gasteiger partial charge in [-0.3, -0.25) is 0 Å². The van der Waals surface area contributed by atoms with Crippen LogP contribution in [0.15, 0.2) is 35.4 Å². The second-order valence-corrected chi connectivity index (χ2v) is 7.89. The van der Waals surface area contributed by atoms with E-state index in [4.69, 9.17) is 4.74 Å². The quantitative estimate of drug-likeness (QED) is 0.781. The molecule has 0 saturated carbocycles. The largest absolute Gasteiger partial charge is 0.416 e. The number of methoxy groups -OCH3 is 1. The molecule has 2 heterocycles. The number of hydrogen-bond acceptors (Lipinski definition) is 5. The molecule has 0 aliphatic carbocycles. The number of rotatable bonds is 5. The summed E-state index contributed by atoms with van der Waals surface area (Å²) < 4.78 is 71.6. The predicted octanol–water partition coefficient (Wildman–Crippen LogP) is 2.08. The van der Waals surface area contributed by atoms with Gasteiger partial charge >= 0.3 is 6.18 Å². The van der Waals surface area contributed by atoms with Gasteiger partial charge in [-0.2, -0.15) is 17.5 Å². The molecule has 0 amide bonds. The molecule has 0 spiro atoms. The molecule has 2 aromatic rings. The second kappa shape index (κ2) is 6.97. The molecule has 0 radical (unpaired) electrons. The zero-order valence-corrected chi connectivity index (χ0v) is 14.7. The van der Waals surface area contributed by atoms with Crippen LogP contribution in [0.5, 0.6) is 0 Å². The molecule has 1 aromatic carbocycles. The van der Waals surface area contributed by atoms with Crippen molar-refractivity contribution in [3.8, 4) is 0 Å². The molecule has 0 bridgehead atoms. The number of sulfonamides is 1. The van der Waals surface area contributed by atoms with Gasteiger partial charge in [-0.25, -0.2) is 13.1 Å². The van der Waals surface area contributed by atoms with Gasteiger partial charge in [0, 0.05) is 20.2 Å². The van der Waals surface area contributed by atoms with E-state index < -0.39 is 21.8 Å². The van der Waals surface area contributed by atoms with Gasteiger partial charge in [-0.05, 0) is 24.6 Å². The number of benzene rings is 1. The molecule has 1 aliphatic heterocycles. The van der Waals surface area contributed by atoms with Gasteiger partial charge in [-0.15, -0.1) is 5.10 Å². The average molecular weight is 390 g/mol. The Kier molecular flexibility index (Phi) is 5.04. The highest BCUT2D eigenvalue weighted by molar-refractivity contribution is 7.89. The minimum Gasteiger partial charge on any atom is -0.378 e. The summed E-state index contributed by atoms with van der Waals surface area (Å²) in [5.41, 5.74) is -0.374. The van der Waals surface area contributed by atoms with Crippen molar-refractivity contribution >= 4 is 10.0 Å². The first-order valence-electron chi connectivity index (χ1n) is 7.79. The minimum absolute atomic E-state index is 0.119. The number of alkyl halides is 3. The molecule has 1 aliphatic rings. The van der Waals surface area contributed by atoms with Crippen LogP contribution in [0.1, 0.15) is 23.7 Å². The number of ether oxygens (including phenoxy) is 1. The lowest BCUT2D eigenvalue weighted by Crippen LogP contribution is -2.29. The molecule has 1 saturated heterocycles. The summed E-state index contributed by atoms with van der Waals surface area (Å²) in [7, 11) is -2.49. The van der Waals surface area contributed by atoms with Crippen molar-refractivity contribution in [2.45, 2.75) is 30.1 Å². The summed E-state index contributed by atoms with van der Waals surface area (Å²) in [6, 6.07) is 3.54. The third-order valence-electron chi connectivity index (χ3n) is 4.15. The van der Waals surface area contributed by atoms with E-state index in [0.29, 0.717) is 24.8 Å². The Bertz CT molecular complexity index is 882. The van der Waals surface area contributed by atoms with E-state index in [1.54, 1.807) is 10.9 Å². The van der Waals surface area contributed by atoms with E-state index in [2.05, 4.69) is 10.3 Å². The van der Waals surface area contributed by atoms with Crippen LogP contribution in [-0.4, -0.2) is 47.9 Å². The fourth-order valence-electron chi connectivity index (χ4n) is 2.83. The third-order valence-corrected chi connectivity index (χ3v) is 6.01. The molecular weight excluding hydrogens is 373 g/mol. The van der Waals surface area contributed by atoms with Crippen LogP contribution >= 0.6 is 0 Å². The van der Waals surface area contributed by atoms with Gasteiger partial charge in [0.25, 0.3) is 0 Å². The lowest BCUT2D eigenvalue weighted by Gasteiger charge is -2.17. The van der Waals surface area contributed by atoms with Crippen molar-refractivity contribution in [1.29, 1.82) is 0 Å². The first-order valence-corrected chi connectivity index (χ1v) is 9.23. The van der Waals surface area contributed by atoms with Crippen LogP contribution in [0.2, 0.25) is 0 Å². The molecule has 0 unspecified atom stereocenters. The maximum absolute atomic E-state index is 12.8. The van der Waals surface area contributed by atoms with Crippen molar-refractivity contribution < 1.29 is 26.3 Å². The van der Waals surface area contributed by atoms with Crippen LogP contribution in [0.25, 0.3) is 0 Å². The van der Waals surface area contributed by atoms with Crippen LogP contribution in [0, 0.1) is 0 Å². The lowest BCUT2D eigenvalue weighted by atomic mass is 10.2. The van der Waals surface area contributed by atoms with Crippen LogP contribution in [-0.2, 0) is 27.5 Å². The fourth-order valence-corrected chi connectivity index (χ4v) is 4.37. The Morgan fingerprint density at radius 2 is 2.12 bits per heavy atom. The van der Waals surface area contributed by atoms with E-state index in [-0.39, 0.29) is 24.0 Å². The minimum atomic E-state index is -4.60. The Labute approximate surface area is 148 Å². The molecule has 11 heteroatoms. The Balaban J connectivity index is 1.79. The highest BCUT2D eigenvalue weighted by atomic mass is 32.2. The number of nitrogens with zero attached hydrogens (tertiary/aromatic N) is 4. The standard InChI is InChI=1S/C15H17F3N4O3S/c1-25-10-12-8-22(20-19-12)13-5-6-21(9-13)26(23,24)14-4-2-3-11(7-14)15(16,17)18/h2-4,7-8,13H,5-6,9-10H2,1H3/t13-/m1/s1. The van der Waals surface area contributed by atoms with Crippen molar-refractivity contribution in [2.75, 3.05) is 20.2 Å². The number of aromatic nitrogens is 3. The molecule has 7 nitrogen and oxygen atoms in total. The van der Waals surface area contributed by atoms with E-state index in [1.807, 2.05) is 0 Å². The molecule has 142 valence electrons. The molecule has 0 N–H and O–H groups in total. The summed E-state index contributed by atoms with van der Waals surface area (Å²) in [6.07, 6.45) is -2.43. The molecule has 26 heavy (non-hydrogen) atoms. The third kappa shape index (κ3) is 3.74. The van der Waals surface area contributed by atoms with Gasteiger partial charge in [0.15, 0.2) is 0 Å². The SMILES string of the molecule is COCc1cn([C@@H]2CCN(S(=O)(=O)c3cccc(C(F)(F)F)c3)C2)nn1. The smallest absolute Gasteiger partial charge is 0.378 e. The maximum atomic E-state index is 12.8. The van der Waals surface area contributed by atoms with Gasteiger partial charge in [-0.1, -0.05) is 11.3 Å². The van der Waals surface area contributed by atoms with Crippen LogP contribution in [0.4, 0.5) is 13.2 Å². The van der Waals surface area contributed by atoms with Crippen molar-refractivity contribution in [1.82, 2.24) is 19.3 Å². The predicted molar refractivity (Wildman–Crippen MR) is 84.6 cm³/mol. The van der Waals surface area contributed by atoms with E-state index in [9.17, 15) is 21.6 Å². The summed E-state index contributed by atoms with van der Waals surface area (Å²) in [5.74, 6) is 0. The van der Waals surface area contributed by atoms with Crippen LogP contribution in [0.3, 0.4) is 0 Å². The van der Waals surface area contributed by atoms with Gasteiger partial charge < -0.3 is 4.74 Å². The van der Waals surface area contributed by atoms with Crippen molar-refractivity contribution in [2.24, 2.45) is 0 Å². The topological polar surface area (TPSA) is 77.3 Å². The Hall–Kier alpha value is -1.98.